The number of rotatable bonds is 3. The van der Waals surface area contributed by atoms with Crippen LogP contribution in [-0.2, 0) is 0 Å². The second-order valence-electron chi connectivity index (χ2n) is 4.15. The van der Waals surface area contributed by atoms with Crippen molar-refractivity contribution in [3.63, 3.8) is 0 Å². The first-order valence-electron chi connectivity index (χ1n) is 6.17. The van der Waals surface area contributed by atoms with Crippen molar-refractivity contribution in [1.29, 1.82) is 0 Å². The minimum absolute atomic E-state index is 0.0825. The van der Waals surface area contributed by atoms with E-state index in [4.69, 9.17) is 12.2 Å². The number of thiophene rings is 1. The number of hydrogen-bond acceptors (Lipinski definition) is 6. The van der Waals surface area contributed by atoms with Gasteiger partial charge in [-0.25, -0.2) is 0 Å². The van der Waals surface area contributed by atoms with Gasteiger partial charge in [0.2, 0.25) is 0 Å². The lowest BCUT2D eigenvalue weighted by molar-refractivity contribution is -0.384. The van der Waals surface area contributed by atoms with Gasteiger partial charge in [0.05, 0.1) is 9.80 Å². The van der Waals surface area contributed by atoms with Crippen LogP contribution in [0.1, 0.15) is 20.0 Å². The highest BCUT2D eigenvalue weighted by molar-refractivity contribution is 7.80. The smallest absolute Gasteiger partial charge is 0.270 e. The zero-order valence-electron chi connectivity index (χ0n) is 11.4. The fourth-order valence-corrected chi connectivity index (χ4v) is 2.31. The molecule has 0 bridgehead atoms. The Morgan fingerprint density at radius 2 is 1.91 bits per heavy atom. The topological polar surface area (TPSA) is 113 Å². The van der Waals surface area contributed by atoms with E-state index in [1.807, 2.05) is 0 Å². The Labute approximate surface area is 139 Å². The van der Waals surface area contributed by atoms with Crippen LogP contribution >= 0.6 is 23.6 Å². The molecular weight excluding hydrogens is 340 g/mol. The summed E-state index contributed by atoms with van der Waals surface area (Å²) in [5.41, 5.74) is 4.49. The molecule has 0 radical (unpaired) electrons. The molecule has 23 heavy (non-hydrogen) atoms. The Kier molecular flexibility index (Phi) is 5.33. The number of nitro groups is 1. The number of hydrazine groups is 1. The number of thiocarbonyl (C=S) groups is 1. The number of nitrogens with one attached hydrogen (secondary N) is 3. The van der Waals surface area contributed by atoms with E-state index in [9.17, 15) is 19.7 Å². The maximum atomic E-state index is 11.9. The summed E-state index contributed by atoms with van der Waals surface area (Å²) in [4.78, 5) is 34.1. The fraction of sp³-hybridized carbons (Fsp3) is 0. The van der Waals surface area contributed by atoms with Gasteiger partial charge in [-0.2, -0.15) is 0 Å². The van der Waals surface area contributed by atoms with E-state index in [1.54, 1.807) is 17.5 Å². The van der Waals surface area contributed by atoms with Crippen molar-refractivity contribution in [3.8, 4) is 0 Å². The average Bonchev–Trinajstić information content (AvgIpc) is 3.07. The van der Waals surface area contributed by atoms with Gasteiger partial charge in [0.15, 0.2) is 5.11 Å². The van der Waals surface area contributed by atoms with Gasteiger partial charge in [-0.05, 0) is 29.7 Å². The first-order valence-corrected chi connectivity index (χ1v) is 7.46. The van der Waals surface area contributed by atoms with Crippen molar-refractivity contribution in [2.24, 2.45) is 0 Å². The van der Waals surface area contributed by atoms with Crippen LogP contribution in [0, 0.1) is 10.1 Å². The maximum absolute atomic E-state index is 11.9. The molecule has 0 spiro atoms. The zero-order valence-corrected chi connectivity index (χ0v) is 13.1. The molecule has 1 heterocycles. The van der Waals surface area contributed by atoms with Gasteiger partial charge in [0, 0.05) is 17.7 Å². The van der Waals surface area contributed by atoms with Gasteiger partial charge in [0.25, 0.3) is 17.5 Å². The number of nitrogens with zero attached hydrogens (tertiary/aromatic N) is 1. The lowest BCUT2D eigenvalue weighted by atomic mass is 10.2. The Morgan fingerprint density at radius 3 is 2.57 bits per heavy atom. The summed E-state index contributed by atoms with van der Waals surface area (Å²) in [5.74, 6) is -1.02. The molecule has 0 fully saturated rings. The van der Waals surface area contributed by atoms with Crippen molar-refractivity contribution < 1.29 is 14.5 Å². The Balaban J connectivity index is 1.89. The van der Waals surface area contributed by atoms with E-state index >= 15 is 0 Å². The number of hydrogen-bond donors (Lipinski definition) is 3. The number of amides is 2. The Hall–Kier alpha value is -2.85. The van der Waals surface area contributed by atoms with Gasteiger partial charge < -0.3 is 0 Å². The molecule has 2 aromatic rings. The van der Waals surface area contributed by atoms with Crippen LogP contribution in [-0.4, -0.2) is 21.9 Å². The van der Waals surface area contributed by atoms with Crippen molar-refractivity contribution in [3.05, 3.63) is 62.3 Å². The highest BCUT2D eigenvalue weighted by Gasteiger charge is 2.12. The number of carbonyl (C=O) groups excluding carboxylic acids is 2. The third-order valence-corrected chi connectivity index (χ3v) is 3.65. The first kappa shape index (κ1) is 16.5. The monoisotopic (exact) mass is 350 g/mol. The lowest BCUT2D eigenvalue weighted by Crippen LogP contribution is -2.48. The highest BCUT2D eigenvalue weighted by atomic mass is 32.1. The molecule has 118 valence electrons. The molecule has 0 unspecified atom stereocenters. The second-order valence-corrected chi connectivity index (χ2v) is 5.50. The van der Waals surface area contributed by atoms with E-state index in [0.29, 0.717) is 4.88 Å². The van der Waals surface area contributed by atoms with Crippen LogP contribution in [0.2, 0.25) is 0 Å². The maximum Gasteiger partial charge on any atom is 0.270 e. The van der Waals surface area contributed by atoms with Gasteiger partial charge >= 0.3 is 0 Å². The number of carbonyl (C=O) groups is 2. The molecular formula is C13H10N4O4S2. The standard InChI is InChI=1S/C13H10N4O4S2/c18-11(8-3-1-4-9(7-8)17(20)21)15-16-13(22)14-12(19)10-5-2-6-23-10/h1-7H,(H,15,18)(H2,14,16,19,22). The molecule has 8 nitrogen and oxygen atoms in total. The Morgan fingerprint density at radius 1 is 1.13 bits per heavy atom. The quantitative estimate of drug-likeness (QED) is 0.440. The van der Waals surface area contributed by atoms with Gasteiger partial charge in [0.1, 0.15) is 0 Å². The van der Waals surface area contributed by atoms with Crippen molar-refractivity contribution in [1.82, 2.24) is 16.2 Å². The van der Waals surface area contributed by atoms with E-state index in [1.165, 1.54) is 29.5 Å². The normalized spacial score (nSPS) is 9.74. The van der Waals surface area contributed by atoms with E-state index in [0.717, 1.165) is 6.07 Å². The van der Waals surface area contributed by atoms with E-state index < -0.39 is 16.7 Å². The molecule has 1 aromatic heterocycles. The summed E-state index contributed by atoms with van der Waals surface area (Å²) in [6.45, 7) is 0. The minimum atomic E-state index is -0.624. The third kappa shape index (κ3) is 4.56. The molecule has 0 aliphatic heterocycles. The van der Waals surface area contributed by atoms with Crippen LogP contribution in [0.3, 0.4) is 0 Å². The third-order valence-electron chi connectivity index (χ3n) is 2.58. The summed E-state index contributed by atoms with van der Waals surface area (Å²) < 4.78 is 0. The van der Waals surface area contributed by atoms with E-state index in [-0.39, 0.29) is 16.4 Å². The van der Waals surface area contributed by atoms with Gasteiger partial charge in [-0.3, -0.25) is 35.9 Å². The molecule has 0 saturated carbocycles. The predicted molar refractivity (Wildman–Crippen MR) is 88.1 cm³/mol. The first-order chi connectivity index (χ1) is 11.0. The molecule has 0 aliphatic rings. The lowest BCUT2D eigenvalue weighted by Gasteiger charge is -2.10. The van der Waals surface area contributed by atoms with Crippen LogP contribution in [0.5, 0.6) is 0 Å². The summed E-state index contributed by atoms with van der Waals surface area (Å²) in [6.07, 6.45) is 0. The predicted octanol–water partition coefficient (Wildman–Crippen LogP) is 1.61. The molecule has 0 atom stereocenters. The molecule has 2 rings (SSSR count). The van der Waals surface area contributed by atoms with Crippen molar-refractivity contribution in [2.45, 2.75) is 0 Å². The number of non-ortho nitro benzene ring substituents is 1. The highest BCUT2D eigenvalue weighted by Crippen LogP contribution is 2.12. The fourth-order valence-electron chi connectivity index (χ4n) is 1.55. The summed E-state index contributed by atoms with van der Waals surface area (Å²) >= 11 is 6.13. The molecule has 0 aliphatic carbocycles. The Bertz CT molecular complexity index is 761. The minimum Gasteiger partial charge on any atom is -0.297 e. The van der Waals surface area contributed by atoms with Crippen LogP contribution in [0.4, 0.5) is 5.69 Å². The van der Waals surface area contributed by atoms with Crippen molar-refractivity contribution in [2.75, 3.05) is 0 Å². The van der Waals surface area contributed by atoms with E-state index in [2.05, 4.69) is 16.2 Å². The summed E-state index contributed by atoms with van der Waals surface area (Å²) in [7, 11) is 0. The van der Waals surface area contributed by atoms with Crippen molar-refractivity contribution >= 4 is 46.2 Å². The van der Waals surface area contributed by atoms with Gasteiger partial charge in [-0.1, -0.05) is 12.1 Å². The molecule has 10 heteroatoms. The SMILES string of the molecule is O=C(NNC(=S)NC(=O)c1cccs1)c1cccc([N+](=O)[O-])c1. The molecule has 1 aromatic carbocycles. The summed E-state index contributed by atoms with van der Waals surface area (Å²) in [6, 6.07) is 8.56. The van der Waals surface area contributed by atoms with Crippen LogP contribution < -0.4 is 16.2 Å². The molecule has 2 amide bonds. The second kappa shape index (κ2) is 7.42. The molecule has 3 N–H and O–H groups in total. The zero-order chi connectivity index (χ0) is 16.8. The number of nitro benzene ring substituents is 1. The summed E-state index contributed by atoms with van der Waals surface area (Å²) in [5, 5.41) is 14.7. The largest absolute Gasteiger partial charge is 0.297 e. The average molecular weight is 350 g/mol. The van der Waals surface area contributed by atoms with Crippen LogP contribution in [0.25, 0.3) is 0 Å². The molecule has 0 saturated heterocycles. The number of benzene rings is 1. The van der Waals surface area contributed by atoms with Gasteiger partial charge in [-0.15, -0.1) is 11.3 Å². The van der Waals surface area contributed by atoms with Crippen LogP contribution in [0.15, 0.2) is 41.8 Å².